The third-order valence-corrected chi connectivity index (χ3v) is 10.6. The van der Waals surface area contributed by atoms with Gasteiger partial charge in [-0.1, -0.05) is 105 Å². The van der Waals surface area contributed by atoms with Crippen LogP contribution in [-0.4, -0.2) is 15.0 Å². The van der Waals surface area contributed by atoms with Gasteiger partial charge in [0, 0.05) is 22.5 Å². The van der Waals surface area contributed by atoms with Crippen molar-refractivity contribution in [2.24, 2.45) is 0 Å². The van der Waals surface area contributed by atoms with Crippen LogP contribution < -0.4 is 0 Å². The highest BCUT2D eigenvalue weighted by molar-refractivity contribution is 6.06. The van der Waals surface area contributed by atoms with Crippen molar-refractivity contribution in [2.45, 2.75) is 70.1 Å². The van der Waals surface area contributed by atoms with Gasteiger partial charge in [0.1, 0.15) is 5.82 Å². The molecule has 0 N–H and O–H groups in total. The molecule has 0 spiro atoms. The summed E-state index contributed by atoms with van der Waals surface area (Å²) in [5, 5.41) is 2.59. The van der Waals surface area contributed by atoms with Gasteiger partial charge in [-0.15, -0.1) is 0 Å². The number of benzene rings is 3. The molecule has 3 nitrogen and oxygen atoms in total. The average Bonchev–Trinajstić information content (AvgIpc) is 3.33. The lowest BCUT2D eigenvalue weighted by molar-refractivity contribution is 0.642. The smallest absolute Gasteiger partial charge is 0.164 e. The Labute approximate surface area is 265 Å². The van der Waals surface area contributed by atoms with Crippen LogP contribution in [0.25, 0.3) is 45.5 Å². The van der Waals surface area contributed by atoms with Crippen LogP contribution in [0.1, 0.15) is 96.9 Å². The highest BCUT2D eigenvalue weighted by Gasteiger charge is 2.40. The third-order valence-electron chi connectivity index (χ3n) is 10.6. The Morgan fingerprint density at radius 1 is 0.711 bits per heavy atom. The second kappa shape index (κ2) is 10.2. The number of fused-ring (bicyclic) bond motifs is 8. The van der Waals surface area contributed by atoms with Gasteiger partial charge in [-0.2, -0.15) is 0 Å². The Hall–Kier alpha value is -4.63. The molecule has 220 valence electrons. The predicted octanol–water partition coefficient (Wildman–Crippen LogP) is 10.1. The summed E-state index contributed by atoms with van der Waals surface area (Å²) in [6, 6.07) is 15.9. The van der Waals surface area contributed by atoms with Gasteiger partial charge in [-0.25, -0.2) is 15.0 Å². The molecule has 45 heavy (non-hydrogen) atoms. The molecule has 0 saturated carbocycles. The molecule has 5 aliphatic carbocycles. The van der Waals surface area contributed by atoms with Gasteiger partial charge in [-0.3, -0.25) is 0 Å². The standard InChI is InChI=1S/C42H37N3/c1-42(2)36-19-11-10-18-32(36)33-22-21-29(25-37(33)42)40-43-39(27-13-4-3-5-14-27)44-41(45-40)35-24-28-15-7-9-17-31(28)38-30-16-8-6-12-26(30)20-23-34(35)38/h4,8-11,13-14,16-20,22-25,29H,3,5-7,12,15,21H2,1-2H3. The minimum atomic E-state index is -0.0523. The van der Waals surface area contributed by atoms with Crippen LogP contribution in [0.4, 0.5) is 0 Å². The van der Waals surface area contributed by atoms with Crippen LogP contribution in [0.2, 0.25) is 0 Å². The summed E-state index contributed by atoms with van der Waals surface area (Å²) in [7, 11) is 0. The highest BCUT2D eigenvalue weighted by atomic mass is 15.0. The Morgan fingerprint density at radius 3 is 2.33 bits per heavy atom. The zero-order valence-corrected chi connectivity index (χ0v) is 26.1. The fourth-order valence-electron chi connectivity index (χ4n) is 8.23. The molecule has 3 aromatic carbocycles. The van der Waals surface area contributed by atoms with E-state index in [4.69, 9.17) is 15.0 Å². The van der Waals surface area contributed by atoms with Crippen molar-refractivity contribution in [3.8, 4) is 11.4 Å². The van der Waals surface area contributed by atoms with E-state index in [-0.39, 0.29) is 11.3 Å². The van der Waals surface area contributed by atoms with E-state index in [0.29, 0.717) is 0 Å². The van der Waals surface area contributed by atoms with E-state index in [1.165, 1.54) is 55.3 Å². The Morgan fingerprint density at radius 2 is 1.49 bits per heavy atom. The Balaban J connectivity index is 1.25. The first-order valence-corrected chi connectivity index (χ1v) is 16.7. The van der Waals surface area contributed by atoms with E-state index in [0.717, 1.165) is 73.6 Å². The zero-order valence-electron chi connectivity index (χ0n) is 26.1. The first kappa shape index (κ1) is 26.7. The number of aryl methyl sites for hydroxylation is 2. The van der Waals surface area contributed by atoms with Gasteiger partial charge >= 0.3 is 0 Å². The summed E-state index contributed by atoms with van der Waals surface area (Å²) in [5.74, 6) is 2.54. The topological polar surface area (TPSA) is 38.7 Å². The number of allylic oxidation sites excluding steroid dienone is 10. The van der Waals surface area contributed by atoms with Crippen molar-refractivity contribution in [1.82, 2.24) is 15.0 Å². The van der Waals surface area contributed by atoms with Crippen LogP contribution in [0.3, 0.4) is 0 Å². The predicted molar refractivity (Wildman–Crippen MR) is 187 cm³/mol. The van der Waals surface area contributed by atoms with Crippen molar-refractivity contribution >= 4 is 34.1 Å². The summed E-state index contributed by atoms with van der Waals surface area (Å²) in [6.07, 6.45) is 28.2. The minimum Gasteiger partial charge on any atom is -0.212 e. The molecule has 0 bridgehead atoms. The minimum absolute atomic E-state index is 0.0523. The van der Waals surface area contributed by atoms with Gasteiger partial charge in [0.05, 0.1) is 0 Å². The lowest BCUT2D eigenvalue weighted by Gasteiger charge is -2.26. The van der Waals surface area contributed by atoms with E-state index in [9.17, 15) is 0 Å². The van der Waals surface area contributed by atoms with Gasteiger partial charge in [0.15, 0.2) is 11.6 Å². The van der Waals surface area contributed by atoms with Gasteiger partial charge in [0.25, 0.3) is 0 Å². The van der Waals surface area contributed by atoms with Crippen LogP contribution in [0.5, 0.6) is 0 Å². The molecular formula is C42H37N3. The molecule has 5 aliphatic rings. The summed E-state index contributed by atoms with van der Waals surface area (Å²) < 4.78 is 0. The first-order valence-electron chi connectivity index (χ1n) is 16.7. The summed E-state index contributed by atoms with van der Waals surface area (Å²) in [6.45, 7) is 4.71. The van der Waals surface area contributed by atoms with Crippen molar-refractivity contribution in [3.63, 3.8) is 0 Å². The molecule has 1 unspecified atom stereocenters. The van der Waals surface area contributed by atoms with Crippen LogP contribution >= 0.6 is 0 Å². The van der Waals surface area contributed by atoms with Crippen LogP contribution in [-0.2, 0) is 18.3 Å². The number of hydrogen-bond donors (Lipinski definition) is 0. The lowest BCUT2D eigenvalue weighted by atomic mass is 9.78. The van der Waals surface area contributed by atoms with Crippen molar-refractivity contribution in [2.75, 3.05) is 0 Å². The van der Waals surface area contributed by atoms with E-state index in [1.807, 2.05) is 0 Å². The maximum Gasteiger partial charge on any atom is 0.164 e. The molecule has 0 aliphatic heterocycles. The quantitative estimate of drug-likeness (QED) is 0.241. The molecule has 0 radical (unpaired) electrons. The molecule has 0 fully saturated rings. The van der Waals surface area contributed by atoms with E-state index >= 15 is 0 Å². The maximum atomic E-state index is 5.36. The second-order valence-corrected chi connectivity index (χ2v) is 13.6. The molecule has 4 aromatic rings. The zero-order chi connectivity index (χ0) is 30.1. The molecule has 0 amide bonds. The van der Waals surface area contributed by atoms with Crippen molar-refractivity contribution < 1.29 is 0 Å². The highest BCUT2D eigenvalue weighted by Crippen LogP contribution is 2.52. The fourth-order valence-corrected chi connectivity index (χ4v) is 8.23. The number of rotatable bonds is 3. The monoisotopic (exact) mass is 583 g/mol. The third kappa shape index (κ3) is 4.20. The fraction of sp³-hybridized carbons (Fsp3) is 0.262. The van der Waals surface area contributed by atoms with Crippen molar-refractivity contribution in [1.29, 1.82) is 0 Å². The number of aromatic nitrogens is 3. The second-order valence-electron chi connectivity index (χ2n) is 13.6. The van der Waals surface area contributed by atoms with Gasteiger partial charge in [-0.05, 0) is 106 Å². The average molecular weight is 584 g/mol. The normalized spacial score (nSPS) is 20.6. The van der Waals surface area contributed by atoms with E-state index in [2.05, 4.69) is 111 Å². The van der Waals surface area contributed by atoms with Gasteiger partial charge in [0.2, 0.25) is 0 Å². The first-order chi connectivity index (χ1) is 22.1. The summed E-state index contributed by atoms with van der Waals surface area (Å²) in [4.78, 5) is 15.8. The SMILES string of the molecule is CC1(C)C2=CC(c3nc(C4=CCCC=C4)nc(-c4cc5c(c6c7c(ccc46)CCC=C7)C=CCC5)n3)CC=C2c2ccccc21. The Bertz CT molecular complexity index is 2100. The summed E-state index contributed by atoms with van der Waals surface area (Å²) >= 11 is 0. The van der Waals surface area contributed by atoms with Gasteiger partial charge < -0.3 is 0 Å². The molecule has 1 atom stereocenters. The molecular weight excluding hydrogens is 546 g/mol. The molecule has 9 rings (SSSR count). The molecule has 1 heterocycles. The maximum absolute atomic E-state index is 5.36. The van der Waals surface area contributed by atoms with Crippen molar-refractivity contribution in [3.05, 3.63) is 136 Å². The number of hydrogen-bond acceptors (Lipinski definition) is 3. The number of nitrogens with zero attached hydrogens (tertiary/aromatic N) is 3. The van der Waals surface area contributed by atoms with E-state index in [1.54, 1.807) is 0 Å². The molecule has 3 heteroatoms. The van der Waals surface area contributed by atoms with Crippen LogP contribution in [0, 0.1) is 0 Å². The van der Waals surface area contributed by atoms with Crippen LogP contribution in [0.15, 0.2) is 90.6 Å². The Kier molecular flexibility index (Phi) is 6.06. The van der Waals surface area contributed by atoms with E-state index < -0.39 is 0 Å². The molecule has 1 aromatic heterocycles. The lowest BCUT2D eigenvalue weighted by Crippen LogP contribution is -2.18. The molecule has 0 saturated heterocycles. The largest absolute Gasteiger partial charge is 0.212 e. The summed E-state index contributed by atoms with van der Waals surface area (Å²) in [5.41, 5.74) is 13.3.